The fourth-order valence-electron chi connectivity index (χ4n) is 1.74. The zero-order valence-corrected chi connectivity index (χ0v) is 13.0. The molecule has 2 atom stereocenters. The van der Waals surface area contributed by atoms with Crippen molar-refractivity contribution in [2.75, 3.05) is 6.61 Å². The Kier molecular flexibility index (Phi) is 5.90. The van der Waals surface area contributed by atoms with Crippen molar-refractivity contribution in [3.05, 3.63) is 18.7 Å². The molecule has 0 fully saturated rings. The maximum absolute atomic E-state index is 12.1. The van der Waals surface area contributed by atoms with Gasteiger partial charge in [-0.05, 0) is 12.3 Å². The van der Waals surface area contributed by atoms with Crippen LogP contribution in [0.4, 0.5) is 0 Å². The number of nitrogens with two attached hydrogens (primary N) is 1. The van der Waals surface area contributed by atoms with Gasteiger partial charge in [0.25, 0.3) is 0 Å². The van der Waals surface area contributed by atoms with Crippen LogP contribution < -0.4 is 11.1 Å². The lowest BCUT2D eigenvalue weighted by molar-refractivity contribution is -0.148. The monoisotopic (exact) mass is 296 g/mol. The second-order valence-corrected chi connectivity index (χ2v) is 5.92. The van der Waals surface area contributed by atoms with Gasteiger partial charge in [0.2, 0.25) is 5.91 Å². The standard InChI is InChI=1S/C14H24N4O3/c1-5-21-13(20)11(15)12(19)17-10(14(2,3)4)8-18-7-6-16-9-18/h6-7,9-11H,5,8,15H2,1-4H3,(H,17,19). The molecule has 0 aliphatic rings. The second kappa shape index (κ2) is 7.21. The number of hydrogen-bond acceptors (Lipinski definition) is 5. The van der Waals surface area contributed by atoms with Crippen LogP contribution in [-0.2, 0) is 20.9 Å². The van der Waals surface area contributed by atoms with Crippen LogP contribution in [0, 0.1) is 5.41 Å². The first-order valence-corrected chi connectivity index (χ1v) is 6.94. The lowest BCUT2D eigenvalue weighted by Crippen LogP contribution is -2.54. The summed E-state index contributed by atoms with van der Waals surface area (Å²) >= 11 is 0. The quantitative estimate of drug-likeness (QED) is 0.581. The van der Waals surface area contributed by atoms with E-state index in [0.717, 1.165) is 0 Å². The fraction of sp³-hybridized carbons (Fsp3) is 0.643. The topological polar surface area (TPSA) is 99.2 Å². The number of nitrogens with zero attached hydrogens (tertiary/aromatic N) is 2. The molecule has 1 rings (SSSR count). The Hall–Kier alpha value is -1.89. The van der Waals surface area contributed by atoms with E-state index in [-0.39, 0.29) is 18.1 Å². The van der Waals surface area contributed by atoms with E-state index in [0.29, 0.717) is 6.54 Å². The van der Waals surface area contributed by atoms with E-state index >= 15 is 0 Å². The van der Waals surface area contributed by atoms with Crippen molar-refractivity contribution in [3.63, 3.8) is 0 Å². The van der Waals surface area contributed by atoms with Gasteiger partial charge in [-0.3, -0.25) is 4.79 Å². The van der Waals surface area contributed by atoms with Gasteiger partial charge in [0.1, 0.15) is 0 Å². The number of imidazole rings is 1. The van der Waals surface area contributed by atoms with E-state index in [1.165, 1.54) is 0 Å². The highest BCUT2D eigenvalue weighted by Gasteiger charge is 2.31. The molecule has 0 spiro atoms. The van der Waals surface area contributed by atoms with Gasteiger partial charge in [0.15, 0.2) is 6.04 Å². The molecule has 0 aromatic carbocycles. The maximum Gasteiger partial charge on any atom is 0.332 e. The average molecular weight is 296 g/mol. The van der Waals surface area contributed by atoms with Crippen LogP contribution in [0.15, 0.2) is 18.7 Å². The predicted molar refractivity (Wildman–Crippen MR) is 78.2 cm³/mol. The highest BCUT2D eigenvalue weighted by Crippen LogP contribution is 2.20. The smallest absolute Gasteiger partial charge is 0.332 e. The van der Waals surface area contributed by atoms with Gasteiger partial charge in [0, 0.05) is 18.9 Å². The van der Waals surface area contributed by atoms with Crippen LogP contribution in [0.2, 0.25) is 0 Å². The summed E-state index contributed by atoms with van der Waals surface area (Å²) < 4.78 is 6.63. The lowest BCUT2D eigenvalue weighted by atomic mass is 9.86. The van der Waals surface area contributed by atoms with Crippen molar-refractivity contribution in [1.29, 1.82) is 0 Å². The van der Waals surface area contributed by atoms with Crippen molar-refractivity contribution >= 4 is 11.9 Å². The number of carbonyl (C=O) groups excluding carboxylic acids is 2. The Balaban J connectivity index is 2.73. The molecule has 0 aliphatic heterocycles. The van der Waals surface area contributed by atoms with Crippen LogP contribution in [0.25, 0.3) is 0 Å². The highest BCUT2D eigenvalue weighted by atomic mass is 16.5. The zero-order valence-electron chi connectivity index (χ0n) is 13.0. The molecule has 118 valence electrons. The van der Waals surface area contributed by atoms with E-state index in [9.17, 15) is 9.59 Å². The van der Waals surface area contributed by atoms with E-state index in [1.54, 1.807) is 19.4 Å². The minimum absolute atomic E-state index is 0.192. The molecular weight excluding hydrogens is 272 g/mol. The van der Waals surface area contributed by atoms with E-state index in [4.69, 9.17) is 10.5 Å². The first-order chi connectivity index (χ1) is 9.75. The van der Waals surface area contributed by atoms with Crippen molar-refractivity contribution in [3.8, 4) is 0 Å². The number of rotatable bonds is 6. The minimum atomic E-state index is -1.31. The number of esters is 1. The number of aromatic nitrogens is 2. The second-order valence-electron chi connectivity index (χ2n) is 5.92. The van der Waals surface area contributed by atoms with Gasteiger partial charge in [-0.15, -0.1) is 0 Å². The molecule has 0 saturated heterocycles. The first-order valence-electron chi connectivity index (χ1n) is 6.94. The Labute approximate surface area is 124 Å². The van der Waals surface area contributed by atoms with Crippen molar-refractivity contribution in [2.24, 2.45) is 11.1 Å². The van der Waals surface area contributed by atoms with Crippen LogP contribution in [0.5, 0.6) is 0 Å². The van der Waals surface area contributed by atoms with Crippen LogP contribution in [0.3, 0.4) is 0 Å². The lowest BCUT2D eigenvalue weighted by Gasteiger charge is -2.32. The summed E-state index contributed by atoms with van der Waals surface area (Å²) in [6.45, 7) is 8.42. The van der Waals surface area contributed by atoms with E-state index in [1.807, 2.05) is 31.5 Å². The Morgan fingerprint density at radius 1 is 1.43 bits per heavy atom. The normalized spacial score (nSPS) is 14.3. The minimum Gasteiger partial charge on any atom is -0.464 e. The molecule has 1 aromatic rings. The third-order valence-corrected chi connectivity index (χ3v) is 3.14. The van der Waals surface area contributed by atoms with Crippen molar-refractivity contribution in [1.82, 2.24) is 14.9 Å². The van der Waals surface area contributed by atoms with Crippen LogP contribution in [-0.4, -0.2) is 40.1 Å². The number of amides is 1. The molecule has 21 heavy (non-hydrogen) atoms. The molecule has 0 aliphatic carbocycles. The predicted octanol–water partition coefficient (Wildman–Crippen LogP) is 0.304. The summed E-state index contributed by atoms with van der Waals surface area (Å²) in [4.78, 5) is 27.6. The summed E-state index contributed by atoms with van der Waals surface area (Å²) in [6, 6.07) is -1.50. The fourth-order valence-corrected chi connectivity index (χ4v) is 1.74. The summed E-state index contributed by atoms with van der Waals surface area (Å²) in [6.07, 6.45) is 5.16. The molecule has 1 aromatic heterocycles. The van der Waals surface area contributed by atoms with Crippen LogP contribution >= 0.6 is 0 Å². The Morgan fingerprint density at radius 3 is 2.57 bits per heavy atom. The van der Waals surface area contributed by atoms with Crippen LogP contribution in [0.1, 0.15) is 27.7 Å². The number of ether oxygens (including phenoxy) is 1. The number of hydrogen-bond donors (Lipinski definition) is 2. The molecule has 7 nitrogen and oxygen atoms in total. The molecule has 0 bridgehead atoms. The van der Waals surface area contributed by atoms with Gasteiger partial charge in [-0.25, -0.2) is 9.78 Å². The summed E-state index contributed by atoms with van der Waals surface area (Å²) in [7, 11) is 0. The SMILES string of the molecule is CCOC(=O)C(N)C(=O)NC(Cn1ccnc1)C(C)(C)C. The Morgan fingerprint density at radius 2 is 2.10 bits per heavy atom. The molecule has 0 radical (unpaired) electrons. The van der Waals surface area contributed by atoms with Gasteiger partial charge < -0.3 is 20.4 Å². The van der Waals surface area contributed by atoms with Crippen molar-refractivity contribution < 1.29 is 14.3 Å². The highest BCUT2D eigenvalue weighted by molar-refractivity contribution is 6.01. The van der Waals surface area contributed by atoms with Gasteiger partial charge >= 0.3 is 5.97 Å². The molecule has 1 heterocycles. The number of carbonyl (C=O) groups is 2. The molecular formula is C14H24N4O3. The van der Waals surface area contributed by atoms with Gasteiger partial charge in [0.05, 0.1) is 19.0 Å². The molecule has 3 N–H and O–H groups in total. The maximum atomic E-state index is 12.1. The Bertz CT molecular complexity index is 465. The average Bonchev–Trinajstić information content (AvgIpc) is 2.89. The molecule has 7 heteroatoms. The first kappa shape index (κ1) is 17.2. The van der Waals surface area contributed by atoms with E-state index in [2.05, 4.69) is 10.3 Å². The summed E-state index contributed by atoms with van der Waals surface area (Å²) in [5, 5.41) is 2.82. The third kappa shape index (κ3) is 5.18. The molecule has 2 unspecified atom stereocenters. The summed E-state index contributed by atoms with van der Waals surface area (Å²) in [5.41, 5.74) is 5.41. The largest absolute Gasteiger partial charge is 0.464 e. The zero-order chi connectivity index (χ0) is 16.0. The number of nitrogens with one attached hydrogen (secondary N) is 1. The molecule has 1 amide bonds. The van der Waals surface area contributed by atoms with Gasteiger partial charge in [-0.2, -0.15) is 0 Å². The van der Waals surface area contributed by atoms with Gasteiger partial charge in [-0.1, -0.05) is 20.8 Å². The molecule has 0 saturated carbocycles. The third-order valence-electron chi connectivity index (χ3n) is 3.14. The summed E-state index contributed by atoms with van der Waals surface area (Å²) in [5.74, 6) is -1.25. The van der Waals surface area contributed by atoms with E-state index < -0.39 is 17.9 Å². The van der Waals surface area contributed by atoms with Crippen molar-refractivity contribution in [2.45, 2.75) is 46.3 Å².